The predicted octanol–water partition coefficient (Wildman–Crippen LogP) is 1.20. The normalized spacial score (nSPS) is 22.6. The van der Waals surface area contributed by atoms with Gasteiger partial charge in [0.2, 0.25) is 0 Å². The number of ether oxygens (including phenoxy) is 1. The second-order valence-electron chi connectivity index (χ2n) is 3.96. The van der Waals surface area contributed by atoms with E-state index in [1.165, 1.54) is 4.90 Å². The number of fused-ring (bicyclic) bond motifs is 1. The van der Waals surface area contributed by atoms with Gasteiger partial charge in [-0.2, -0.15) is 0 Å². The second kappa shape index (κ2) is 3.15. The summed E-state index contributed by atoms with van der Waals surface area (Å²) in [4.78, 5) is 25.3. The van der Waals surface area contributed by atoms with Crippen molar-refractivity contribution in [1.82, 2.24) is 4.90 Å². The highest BCUT2D eigenvalue weighted by Crippen LogP contribution is 2.31. The van der Waals surface area contributed by atoms with E-state index in [1.54, 1.807) is 6.07 Å². The largest absolute Gasteiger partial charge is 0.351 e. The Bertz CT molecular complexity index is 491. The lowest BCUT2D eigenvalue weighted by Gasteiger charge is -2.09. The first-order valence-corrected chi connectivity index (χ1v) is 5.35. The van der Waals surface area contributed by atoms with E-state index in [-0.39, 0.29) is 18.0 Å². The van der Waals surface area contributed by atoms with Crippen molar-refractivity contribution in [2.45, 2.75) is 19.6 Å². The van der Waals surface area contributed by atoms with E-state index in [2.05, 4.69) is 0 Å². The van der Waals surface area contributed by atoms with Crippen LogP contribution >= 0.6 is 0 Å². The molecule has 0 saturated carbocycles. The maximum atomic E-state index is 12.1. The first-order chi connectivity index (χ1) is 7.74. The molecule has 0 spiro atoms. The topological polar surface area (TPSA) is 49.9 Å². The van der Waals surface area contributed by atoms with Crippen LogP contribution in [-0.4, -0.2) is 29.5 Å². The molecular weight excluding hydrogens is 206 g/mol. The Labute approximate surface area is 92.8 Å². The van der Waals surface area contributed by atoms with Crippen LogP contribution in [0.5, 0.6) is 0 Å². The van der Waals surface area contributed by atoms with Gasteiger partial charge in [-0.25, -0.2) is 4.90 Å². The van der Waals surface area contributed by atoms with Crippen LogP contribution in [0.25, 0.3) is 0 Å². The third-order valence-electron chi connectivity index (χ3n) is 3.02. The summed E-state index contributed by atoms with van der Waals surface area (Å²) in [6.45, 7) is 2.44. The monoisotopic (exact) mass is 217 g/mol. The number of carbonyl (C=O) groups is 2. The molecule has 0 N–H and O–H groups in total. The molecule has 82 valence electrons. The van der Waals surface area contributed by atoms with Gasteiger partial charge in [0.1, 0.15) is 0 Å². The summed E-state index contributed by atoms with van der Waals surface area (Å²) < 4.78 is 5.02. The fourth-order valence-corrected chi connectivity index (χ4v) is 2.12. The quantitative estimate of drug-likeness (QED) is 0.552. The molecule has 0 aliphatic carbocycles. The summed E-state index contributed by atoms with van der Waals surface area (Å²) in [5.41, 5.74) is 2.00. The summed E-state index contributed by atoms with van der Waals surface area (Å²) in [5, 5.41) is 0. The lowest BCUT2D eigenvalue weighted by atomic mass is 10.0. The molecule has 1 unspecified atom stereocenters. The van der Waals surface area contributed by atoms with Crippen molar-refractivity contribution in [2.24, 2.45) is 0 Å². The Morgan fingerprint density at radius 3 is 2.75 bits per heavy atom. The number of hydrogen-bond donors (Lipinski definition) is 0. The summed E-state index contributed by atoms with van der Waals surface area (Å²) in [6, 6.07) is 5.42. The van der Waals surface area contributed by atoms with Gasteiger partial charge in [0, 0.05) is 0 Å². The van der Waals surface area contributed by atoms with Gasteiger partial charge < -0.3 is 4.74 Å². The number of epoxide rings is 1. The first-order valence-electron chi connectivity index (χ1n) is 5.35. The van der Waals surface area contributed by atoms with E-state index in [1.807, 2.05) is 19.1 Å². The molecule has 3 rings (SSSR count). The van der Waals surface area contributed by atoms with E-state index in [0.717, 1.165) is 12.0 Å². The number of rotatable bonds is 2. The smallest absolute Gasteiger partial charge is 0.264 e. The van der Waals surface area contributed by atoms with Gasteiger partial charge in [-0.15, -0.1) is 0 Å². The Kier molecular flexibility index (Phi) is 1.88. The van der Waals surface area contributed by atoms with E-state index in [4.69, 9.17) is 4.74 Å². The molecule has 0 aromatic heterocycles. The molecule has 1 aromatic rings. The zero-order valence-electron chi connectivity index (χ0n) is 8.90. The SMILES string of the molecule is CCc1cccc2c1C(=O)N(C1CO1)C2=O. The number of nitrogens with zero attached hydrogens (tertiary/aromatic N) is 1. The summed E-state index contributed by atoms with van der Waals surface area (Å²) in [7, 11) is 0. The number of carbonyl (C=O) groups excluding carboxylic acids is 2. The maximum Gasteiger partial charge on any atom is 0.264 e. The van der Waals surface area contributed by atoms with Crippen LogP contribution < -0.4 is 0 Å². The van der Waals surface area contributed by atoms with Crippen LogP contribution in [0.3, 0.4) is 0 Å². The van der Waals surface area contributed by atoms with Gasteiger partial charge in [-0.1, -0.05) is 19.1 Å². The standard InChI is InChI=1S/C12H11NO3/c1-2-7-4-3-5-8-10(7)12(15)13(11(8)14)9-6-16-9/h3-5,9H,2,6H2,1H3. The maximum absolute atomic E-state index is 12.1. The molecule has 4 nitrogen and oxygen atoms in total. The molecule has 2 aliphatic rings. The molecule has 1 fully saturated rings. The minimum atomic E-state index is -0.336. The fraction of sp³-hybridized carbons (Fsp3) is 0.333. The highest BCUT2D eigenvalue weighted by molar-refractivity contribution is 6.22. The average Bonchev–Trinajstić information content (AvgIpc) is 3.08. The van der Waals surface area contributed by atoms with Crippen molar-refractivity contribution in [3.8, 4) is 0 Å². The Morgan fingerprint density at radius 2 is 2.12 bits per heavy atom. The zero-order chi connectivity index (χ0) is 11.3. The number of imide groups is 1. The minimum Gasteiger partial charge on any atom is -0.351 e. The molecule has 16 heavy (non-hydrogen) atoms. The van der Waals surface area contributed by atoms with Gasteiger partial charge in [0.25, 0.3) is 11.8 Å². The van der Waals surface area contributed by atoms with Crippen molar-refractivity contribution in [3.05, 3.63) is 34.9 Å². The lowest BCUT2D eigenvalue weighted by Crippen LogP contribution is -2.32. The molecular formula is C12H11NO3. The minimum absolute atomic E-state index is 0.208. The molecule has 1 saturated heterocycles. The van der Waals surface area contributed by atoms with Crippen LogP contribution in [0, 0.1) is 0 Å². The summed E-state index contributed by atoms with van der Waals surface area (Å²) >= 11 is 0. The first kappa shape index (κ1) is 9.54. The van der Waals surface area contributed by atoms with Gasteiger partial charge in [0.15, 0.2) is 6.23 Å². The molecule has 0 bridgehead atoms. The van der Waals surface area contributed by atoms with Crippen molar-refractivity contribution in [2.75, 3.05) is 6.61 Å². The molecule has 1 atom stereocenters. The van der Waals surface area contributed by atoms with Crippen molar-refractivity contribution >= 4 is 11.8 Å². The summed E-state index contributed by atoms with van der Waals surface area (Å²) in [5.74, 6) is -0.433. The third kappa shape index (κ3) is 1.13. The molecule has 2 aliphatic heterocycles. The average molecular weight is 217 g/mol. The number of hydrogen-bond acceptors (Lipinski definition) is 3. The number of aryl methyl sites for hydroxylation is 1. The number of amides is 2. The van der Waals surface area contributed by atoms with E-state index in [0.29, 0.717) is 17.7 Å². The molecule has 1 aromatic carbocycles. The van der Waals surface area contributed by atoms with Gasteiger partial charge in [0.05, 0.1) is 17.7 Å². The number of benzene rings is 1. The van der Waals surface area contributed by atoms with Gasteiger partial charge in [-0.3, -0.25) is 9.59 Å². The molecule has 0 radical (unpaired) electrons. The predicted molar refractivity (Wildman–Crippen MR) is 56.1 cm³/mol. The summed E-state index contributed by atoms with van der Waals surface area (Å²) in [6.07, 6.45) is 0.416. The zero-order valence-corrected chi connectivity index (χ0v) is 8.90. The van der Waals surface area contributed by atoms with E-state index >= 15 is 0 Å². The van der Waals surface area contributed by atoms with E-state index in [9.17, 15) is 9.59 Å². The van der Waals surface area contributed by atoms with Crippen LogP contribution in [0.4, 0.5) is 0 Å². The van der Waals surface area contributed by atoms with Crippen molar-refractivity contribution in [3.63, 3.8) is 0 Å². The van der Waals surface area contributed by atoms with Crippen LogP contribution in [0.1, 0.15) is 33.2 Å². The van der Waals surface area contributed by atoms with Crippen LogP contribution in [-0.2, 0) is 11.2 Å². The van der Waals surface area contributed by atoms with Gasteiger partial charge >= 0.3 is 0 Å². The van der Waals surface area contributed by atoms with Crippen molar-refractivity contribution < 1.29 is 14.3 Å². The third-order valence-corrected chi connectivity index (χ3v) is 3.02. The van der Waals surface area contributed by atoms with Crippen molar-refractivity contribution in [1.29, 1.82) is 0 Å². The van der Waals surface area contributed by atoms with Gasteiger partial charge in [-0.05, 0) is 18.1 Å². The Morgan fingerprint density at radius 1 is 1.38 bits per heavy atom. The second-order valence-corrected chi connectivity index (χ2v) is 3.96. The lowest BCUT2D eigenvalue weighted by molar-refractivity contribution is 0.0578. The van der Waals surface area contributed by atoms with E-state index < -0.39 is 0 Å². The Hall–Kier alpha value is -1.68. The molecule has 2 amide bonds. The van der Waals surface area contributed by atoms with Crippen LogP contribution in [0.2, 0.25) is 0 Å². The molecule has 2 heterocycles. The Balaban J connectivity index is 2.14. The highest BCUT2D eigenvalue weighted by Gasteiger charge is 2.46. The van der Waals surface area contributed by atoms with Crippen LogP contribution in [0.15, 0.2) is 18.2 Å². The molecule has 4 heteroatoms. The fourth-order valence-electron chi connectivity index (χ4n) is 2.12. The highest BCUT2D eigenvalue weighted by atomic mass is 16.6.